The lowest BCUT2D eigenvalue weighted by molar-refractivity contribution is 0.285. The Morgan fingerprint density at radius 3 is 2.63 bits per heavy atom. The highest BCUT2D eigenvalue weighted by molar-refractivity contribution is 5.29. The molecule has 1 aromatic carbocycles. The van der Waals surface area contributed by atoms with E-state index in [1.807, 2.05) is 0 Å². The Hall–Kier alpha value is -1.96. The molecule has 0 fully saturated rings. The summed E-state index contributed by atoms with van der Waals surface area (Å²) in [6.07, 6.45) is 9.38. The Kier molecular flexibility index (Phi) is 4.85. The van der Waals surface area contributed by atoms with Crippen molar-refractivity contribution in [2.45, 2.75) is 19.9 Å². The number of hydrogen-bond acceptors (Lipinski definition) is 2. The highest BCUT2D eigenvalue weighted by Crippen LogP contribution is 2.17. The van der Waals surface area contributed by atoms with E-state index in [0.29, 0.717) is 0 Å². The van der Waals surface area contributed by atoms with E-state index in [0.717, 1.165) is 25.3 Å². The third kappa shape index (κ3) is 3.75. The van der Waals surface area contributed by atoms with E-state index in [4.69, 9.17) is 4.74 Å². The Labute approximate surface area is 115 Å². The molecule has 0 bridgehead atoms. The van der Waals surface area contributed by atoms with Crippen LogP contribution in [0.5, 0.6) is 0 Å². The number of rotatable bonds is 5. The van der Waals surface area contributed by atoms with Gasteiger partial charge in [0.2, 0.25) is 0 Å². The first-order valence-corrected chi connectivity index (χ1v) is 6.73. The molecular weight excluding hydrogens is 234 g/mol. The zero-order valence-electron chi connectivity index (χ0n) is 11.7. The molecule has 1 aromatic rings. The first-order valence-electron chi connectivity index (χ1n) is 6.73. The molecule has 0 atom stereocenters. The fourth-order valence-electron chi connectivity index (χ4n) is 2.15. The van der Waals surface area contributed by atoms with Gasteiger partial charge in [-0.3, -0.25) is 0 Å². The van der Waals surface area contributed by atoms with Crippen LogP contribution in [0.1, 0.15) is 18.9 Å². The SMILES string of the molecule is CCN(Cc1ccccc1)C1=CC=C(OC)CC=C1. The second-order valence-electron chi connectivity index (χ2n) is 4.53. The molecule has 0 aliphatic heterocycles. The third-order valence-electron chi connectivity index (χ3n) is 3.27. The van der Waals surface area contributed by atoms with Gasteiger partial charge in [-0.05, 0) is 30.7 Å². The van der Waals surface area contributed by atoms with Crippen molar-refractivity contribution in [3.63, 3.8) is 0 Å². The molecule has 0 amide bonds. The summed E-state index contributed by atoms with van der Waals surface area (Å²) in [7, 11) is 1.72. The lowest BCUT2D eigenvalue weighted by atomic mass is 10.2. The standard InChI is InChI=1S/C17H21NO/c1-3-18(14-15-8-5-4-6-9-15)16-10-7-11-17(19-2)13-12-16/h4-10,12-13H,3,11,14H2,1-2H3. The summed E-state index contributed by atoms with van der Waals surface area (Å²) in [5, 5.41) is 0. The van der Waals surface area contributed by atoms with Gasteiger partial charge in [0.05, 0.1) is 12.9 Å². The van der Waals surface area contributed by atoms with Crippen LogP contribution in [0.3, 0.4) is 0 Å². The first kappa shape index (κ1) is 13.5. The Morgan fingerprint density at radius 1 is 1.16 bits per heavy atom. The van der Waals surface area contributed by atoms with E-state index in [1.165, 1.54) is 11.3 Å². The van der Waals surface area contributed by atoms with Crippen molar-refractivity contribution < 1.29 is 4.74 Å². The van der Waals surface area contributed by atoms with E-state index in [9.17, 15) is 0 Å². The number of methoxy groups -OCH3 is 1. The van der Waals surface area contributed by atoms with Gasteiger partial charge in [0.15, 0.2) is 0 Å². The maximum Gasteiger partial charge on any atom is 0.0993 e. The number of likely N-dealkylation sites (N-methyl/N-ethyl adjacent to an activating group) is 1. The van der Waals surface area contributed by atoms with Crippen molar-refractivity contribution >= 4 is 0 Å². The quantitative estimate of drug-likeness (QED) is 0.791. The van der Waals surface area contributed by atoms with Crippen molar-refractivity contribution in [1.29, 1.82) is 0 Å². The molecule has 2 rings (SSSR count). The second-order valence-corrected chi connectivity index (χ2v) is 4.53. The molecule has 0 radical (unpaired) electrons. The number of hydrogen-bond donors (Lipinski definition) is 0. The molecule has 2 nitrogen and oxygen atoms in total. The lowest BCUT2D eigenvalue weighted by Gasteiger charge is -2.24. The average molecular weight is 255 g/mol. The normalized spacial score (nSPS) is 14.4. The smallest absolute Gasteiger partial charge is 0.0993 e. The van der Waals surface area contributed by atoms with Crippen molar-refractivity contribution in [2.24, 2.45) is 0 Å². The van der Waals surface area contributed by atoms with Gasteiger partial charge in [-0.2, -0.15) is 0 Å². The summed E-state index contributed by atoms with van der Waals surface area (Å²) in [6, 6.07) is 10.6. The van der Waals surface area contributed by atoms with Crippen LogP contribution in [-0.2, 0) is 11.3 Å². The zero-order valence-corrected chi connectivity index (χ0v) is 11.7. The molecule has 0 heterocycles. The lowest BCUT2D eigenvalue weighted by Crippen LogP contribution is -2.21. The minimum absolute atomic E-state index is 0.861. The molecule has 0 spiro atoms. The predicted molar refractivity (Wildman–Crippen MR) is 79.5 cm³/mol. The molecule has 0 unspecified atom stereocenters. The summed E-state index contributed by atoms with van der Waals surface area (Å²) in [5.74, 6) is 1.00. The van der Waals surface area contributed by atoms with Crippen LogP contribution in [0.2, 0.25) is 0 Å². The molecule has 100 valence electrons. The minimum atomic E-state index is 0.861. The van der Waals surface area contributed by atoms with Crippen LogP contribution in [0.25, 0.3) is 0 Å². The summed E-state index contributed by atoms with van der Waals surface area (Å²) < 4.78 is 5.30. The monoisotopic (exact) mass is 255 g/mol. The van der Waals surface area contributed by atoms with Crippen LogP contribution >= 0.6 is 0 Å². The van der Waals surface area contributed by atoms with Gasteiger partial charge >= 0.3 is 0 Å². The highest BCUT2D eigenvalue weighted by atomic mass is 16.5. The first-order chi connectivity index (χ1) is 9.33. The Morgan fingerprint density at radius 2 is 1.95 bits per heavy atom. The van der Waals surface area contributed by atoms with Crippen LogP contribution < -0.4 is 0 Å². The van der Waals surface area contributed by atoms with Gasteiger partial charge in [-0.1, -0.05) is 36.4 Å². The molecule has 19 heavy (non-hydrogen) atoms. The molecular formula is C17H21NO. The minimum Gasteiger partial charge on any atom is -0.501 e. The molecule has 0 aromatic heterocycles. The van der Waals surface area contributed by atoms with Crippen molar-refractivity contribution in [2.75, 3.05) is 13.7 Å². The van der Waals surface area contributed by atoms with Gasteiger partial charge in [0.25, 0.3) is 0 Å². The Bertz CT molecular complexity index is 485. The van der Waals surface area contributed by atoms with Crippen molar-refractivity contribution in [1.82, 2.24) is 4.90 Å². The molecule has 0 saturated heterocycles. The van der Waals surface area contributed by atoms with Crippen molar-refractivity contribution in [3.05, 3.63) is 71.7 Å². The van der Waals surface area contributed by atoms with E-state index in [-0.39, 0.29) is 0 Å². The van der Waals surface area contributed by atoms with Gasteiger partial charge in [0.1, 0.15) is 0 Å². The van der Waals surface area contributed by atoms with Crippen LogP contribution in [-0.4, -0.2) is 18.6 Å². The predicted octanol–water partition coefficient (Wildman–Crippen LogP) is 3.88. The zero-order chi connectivity index (χ0) is 13.5. The maximum absolute atomic E-state index is 5.30. The van der Waals surface area contributed by atoms with Gasteiger partial charge in [-0.25, -0.2) is 0 Å². The van der Waals surface area contributed by atoms with E-state index >= 15 is 0 Å². The highest BCUT2D eigenvalue weighted by Gasteiger charge is 2.07. The van der Waals surface area contributed by atoms with Gasteiger partial charge in [0, 0.05) is 25.2 Å². The summed E-state index contributed by atoms with van der Waals surface area (Å²) in [4.78, 5) is 2.36. The fourth-order valence-corrected chi connectivity index (χ4v) is 2.15. The molecule has 1 aliphatic carbocycles. The number of nitrogens with zero attached hydrogens (tertiary/aromatic N) is 1. The topological polar surface area (TPSA) is 12.5 Å². The molecule has 0 saturated carbocycles. The fraction of sp³-hybridized carbons (Fsp3) is 0.294. The summed E-state index contributed by atoms with van der Waals surface area (Å²) in [5.41, 5.74) is 2.57. The summed E-state index contributed by atoms with van der Waals surface area (Å²) >= 11 is 0. The van der Waals surface area contributed by atoms with E-state index in [1.54, 1.807) is 7.11 Å². The van der Waals surface area contributed by atoms with Crippen LogP contribution in [0.4, 0.5) is 0 Å². The van der Waals surface area contributed by atoms with Crippen LogP contribution in [0.15, 0.2) is 66.1 Å². The third-order valence-corrected chi connectivity index (χ3v) is 3.27. The largest absolute Gasteiger partial charge is 0.501 e. The van der Waals surface area contributed by atoms with Gasteiger partial charge in [-0.15, -0.1) is 0 Å². The second kappa shape index (κ2) is 6.83. The van der Waals surface area contributed by atoms with Crippen LogP contribution in [0, 0.1) is 0 Å². The number of ether oxygens (including phenoxy) is 1. The number of benzene rings is 1. The summed E-state index contributed by atoms with van der Waals surface area (Å²) in [6.45, 7) is 4.11. The molecule has 0 N–H and O–H groups in total. The molecule has 2 heteroatoms. The van der Waals surface area contributed by atoms with E-state index < -0.39 is 0 Å². The molecule has 1 aliphatic rings. The Balaban J connectivity index is 2.13. The maximum atomic E-state index is 5.30. The number of allylic oxidation sites excluding steroid dienone is 4. The average Bonchev–Trinajstić information content (AvgIpc) is 2.71. The van der Waals surface area contributed by atoms with E-state index in [2.05, 4.69) is 66.5 Å². The van der Waals surface area contributed by atoms with Crippen molar-refractivity contribution in [3.8, 4) is 0 Å². The van der Waals surface area contributed by atoms with Gasteiger partial charge < -0.3 is 9.64 Å².